The molecule has 0 spiro atoms. The average Bonchev–Trinajstić information content (AvgIpc) is 3.15. The Morgan fingerprint density at radius 3 is 2.78 bits per heavy atom. The van der Waals surface area contributed by atoms with Crippen LogP contribution in [0.4, 0.5) is 0 Å². The third-order valence-electron chi connectivity index (χ3n) is 4.25. The molecule has 1 amide bonds. The van der Waals surface area contributed by atoms with Crippen molar-refractivity contribution in [3.05, 3.63) is 83.9 Å². The number of amides is 1. The van der Waals surface area contributed by atoms with Crippen LogP contribution in [0.15, 0.2) is 67.1 Å². The number of pyridine rings is 1. The van der Waals surface area contributed by atoms with Crippen molar-refractivity contribution in [2.75, 3.05) is 6.54 Å². The first kappa shape index (κ1) is 13.8. The van der Waals surface area contributed by atoms with Crippen LogP contribution in [0.2, 0.25) is 0 Å². The van der Waals surface area contributed by atoms with Gasteiger partial charge in [-0.2, -0.15) is 0 Å². The number of fused-ring (bicyclic) bond motifs is 1. The van der Waals surface area contributed by atoms with Crippen LogP contribution in [0.1, 0.15) is 21.6 Å². The largest absolute Gasteiger partial charge is 0.334 e. The normalized spacial score (nSPS) is 13.7. The summed E-state index contributed by atoms with van der Waals surface area (Å²) in [4.78, 5) is 19.1. The summed E-state index contributed by atoms with van der Waals surface area (Å²) in [7, 11) is 0. The van der Waals surface area contributed by atoms with E-state index in [1.165, 1.54) is 0 Å². The van der Waals surface area contributed by atoms with E-state index in [1.807, 2.05) is 70.5 Å². The molecule has 0 fully saturated rings. The summed E-state index contributed by atoms with van der Waals surface area (Å²) in [5, 5.41) is 0. The van der Waals surface area contributed by atoms with Gasteiger partial charge in [0.1, 0.15) is 0 Å². The Morgan fingerprint density at radius 2 is 1.91 bits per heavy atom. The molecule has 3 aromatic rings. The van der Waals surface area contributed by atoms with Crippen LogP contribution in [0, 0.1) is 0 Å². The van der Waals surface area contributed by atoms with Gasteiger partial charge >= 0.3 is 0 Å². The highest BCUT2D eigenvalue weighted by Crippen LogP contribution is 2.19. The van der Waals surface area contributed by atoms with Crippen LogP contribution in [0.5, 0.6) is 0 Å². The van der Waals surface area contributed by atoms with Gasteiger partial charge in [0, 0.05) is 55.0 Å². The first-order chi connectivity index (χ1) is 11.3. The molecule has 4 heteroatoms. The van der Waals surface area contributed by atoms with E-state index < -0.39 is 0 Å². The molecular formula is C19H17N3O. The lowest BCUT2D eigenvalue weighted by molar-refractivity contribution is 0.0733. The number of carbonyl (C=O) groups excluding carboxylic acids is 1. The number of benzene rings is 1. The Kier molecular flexibility index (Phi) is 3.42. The van der Waals surface area contributed by atoms with Crippen molar-refractivity contribution in [2.24, 2.45) is 0 Å². The summed E-state index contributed by atoms with van der Waals surface area (Å²) in [5.41, 5.74) is 3.98. The van der Waals surface area contributed by atoms with Crippen LogP contribution in [0.25, 0.3) is 5.69 Å². The van der Waals surface area contributed by atoms with Crippen LogP contribution in [-0.4, -0.2) is 26.9 Å². The van der Waals surface area contributed by atoms with E-state index in [-0.39, 0.29) is 5.91 Å². The van der Waals surface area contributed by atoms with Crippen molar-refractivity contribution in [2.45, 2.75) is 13.0 Å². The zero-order chi connectivity index (χ0) is 15.6. The van der Waals surface area contributed by atoms with E-state index in [1.54, 1.807) is 0 Å². The van der Waals surface area contributed by atoms with Crippen molar-refractivity contribution >= 4 is 5.91 Å². The molecule has 4 rings (SSSR count). The number of rotatable bonds is 2. The minimum absolute atomic E-state index is 0.0773. The Labute approximate surface area is 135 Å². The maximum Gasteiger partial charge on any atom is 0.254 e. The fourth-order valence-electron chi connectivity index (χ4n) is 3.03. The van der Waals surface area contributed by atoms with Gasteiger partial charge in [0.15, 0.2) is 0 Å². The molecule has 2 aromatic heterocycles. The molecule has 1 aliphatic heterocycles. The standard InChI is InChI=1S/C19H17N3O/c23-19(22-12-8-18-16(14-22)6-4-9-20-18)15-5-3-7-17(13-15)21-10-1-2-11-21/h1-7,9-11,13H,8,12,14H2. The molecule has 0 atom stereocenters. The van der Waals surface area contributed by atoms with Gasteiger partial charge in [0.05, 0.1) is 0 Å². The molecule has 1 aromatic carbocycles. The summed E-state index contributed by atoms with van der Waals surface area (Å²) in [5.74, 6) is 0.0773. The Morgan fingerprint density at radius 1 is 1.04 bits per heavy atom. The van der Waals surface area contributed by atoms with Crippen molar-refractivity contribution < 1.29 is 4.79 Å². The van der Waals surface area contributed by atoms with E-state index >= 15 is 0 Å². The molecule has 4 nitrogen and oxygen atoms in total. The molecule has 3 heterocycles. The molecule has 1 aliphatic rings. The molecule has 0 bridgehead atoms. The lowest BCUT2D eigenvalue weighted by Gasteiger charge is -2.28. The second-order valence-electron chi connectivity index (χ2n) is 5.73. The maximum atomic E-state index is 12.8. The predicted octanol–water partition coefficient (Wildman–Crippen LogP) is 3.07. The van der Waals surface area contributed by atoms with E-state index in [9.17, 15) is 4.79 Å². The maximum absolute atomic E-state index is 12.8. The van der Waals surface area contributed by atoms with Gasteiger partial charge in [-0.3, -0.25) is 9.78 Å². The predicted molar refractivity (Wildman–Crippen MR) is 88.5 cm³/mol. The zero-order valence-corrected chi connectivity index (χ0v) is 12.7. The summed E-state index contributed by atoms with van der Waals surface area (Å²) in [6.45, 7) is 1.35. The van der Waals surface area contributed by atoms with Crippen molar-refractivity contribution in [1.29, 1.82) is 0 Å². The third kappa shape index (κ3) is 2.63. The van der Waals surface area contributed by atoms with Gasteiger partial charge in [0.2, 0.25) is 0 Å². The second kappa shape index (κ2) is 5.72. The Balaban J connectivity index is 1.59. The Bertz CT molecular complexity index is 839. The van der Waals surface area contributed by atoms with Crippen LogP contribution < -0.4 is 0 Å². The fourth-order valence-corrected chi connectivity index (χ4v) is 3.03. The molecule has 23 heavy (non-hydrogen) atoms. The minimum atomic E-state index is 0.0773. The Hall–Kier alpha value is -2.88. The van der Waals surface area contributed by atoms with Gasteiger partial charge in [-0.15, -0.1) is 0 Å². The highest BCUT2D eigenvalue weighted by atomic mass is 16.2. The molecule has 0 radical (unpaired) electrons. The van der Waals surface area contributed by atoms with E-state index in [2.05, 4.69) is 11.1 Å². The highest BCUT2D eigenvalue weighted by molar-refractivity contribution is 5.94. The fraction of sp³-hybridized carbons (Fsp3) is 0.158. The summed E-state index contributed by atoms with van der Waals surface area (Å²) < 4.78 is 2.01. The molecule has 0 saturated carbocycles. The lowest BCUT2D eigenvalue weighted by atomic mass is 10.0. The highest BCUT2D eigenvalue weighted by Gasteiger charge is 2.22. The zero-order valence-electron chi connectivity index (χ0n) is 12.7. The molecule has 0 N–H and O–H groups in total. The number of hydrogen-bond donors (Lipinski definition) is 0. The average molecular weight is 303 g/mol. The van der Waals surface area contributed by atoms with Gasteiger partial charge in [-0.1, -0.05) is 12.1 Å². The lowest BCUT2D eigenvalue weighted by Crippen LogP contribution is -2.36. The third-order valence-corrected chi connectivity index (χ3v) is 4.25. The second-order valence-corrected chi connectivity index (χ2v) is 5.73. The first-order valence-electron chi connectivity index (χ1n) is 7.77. The minimum Gasteiger partial charge on any atom is -0.334 e. The van der Waals surface area contributed by atoms with E-state index in [0.717, 1.165) is 35.5 Å². The topological polar surface area (TPSA) is 38.1 Å². The van der Waals surface area contributed by atoms with Gasteiger partial charge in [-0.05, 0) is 42.0 Å². The number of aromatic nitrogens is 2. The number of carbonyl (C=O) groups is 1. The molecule has 0 saturated heterocycles. The molecule has 0 aliphatic carbocycles. The summed E-state index contributed by atoms with van der Waals surface area (Å²) in [6.07, 6.45) is 6.59. The van der Waals surface area contributed by atoms with Crippen LogP contribution >= 0.6 is 0 Å². The quantitative estimate of drug-likeness (QED) is 0.730. The van der Waals surface area contributed by atoms with E-state index in [4.69, 9.17) is 0 Å². The SMILES string of the molecule is O=C(c1cccc(-n2cccc2)c1)N1CCc2ncccc2C1. The number of nitrogens with zero attached hydrogens (tertiary/aromatic N) is 3. The van der Waals surface area contributed by atoms with Gasteiger partial charge < -0.3 is 9.47 Å². The van der Waals surface area contributed by atoms with Crippen LogP contribution in [0.3, 0.4) is 0 Å². The number of hydrogen-bond acceptors (Lipinski definition) is 2. The van der Waals surface area contributed by atoms with Gasteiger partial charge in [-0.25, -0.2) is 0 Å². The summed E-state index contributed by atoms with van der Waals surface area (Å²) >= 11 is 0. The molecule has 114 valence electrons. The monoisotopic (exact) mass is 303 g/mol. The van der Waals surface area contributed by atoms with E-state index in [0.29, 0.717) is 6.54 Å². The molecule has 0 unspecified atom stereocenters. The smallest absolute Gasteiger partial charge is 0.254 e. The molecular weight excluding hydrogens is 286 g/mol. The van der Waals surface area contributed by atoms with Crippen molar-refractivity contribution in [1.82, 2.24) is 14.5 Å². The van der Waals surface area contributed by atoms with Gasteiger partial charge in [0.25, 0.3) is 5.91 Å². The van der Waals surface area contributed by atoms with Crippen LogP contribution in [-0.2, 0) is 13.0 Å². The summed E-state index contributed by atoms with van der Waals surface area (Å²) in [6, 6.07) is 15.7. The first-order valence-corrected chi connectivity index (χ1v) is 7.77. The van der Waals surface area contributed by atoms with Crippen molar-refractivity contribution in [3.8, 4) is 5.69 Å². The van der Waals surface area contributed by atoms with Crippen molar-refractivity contribution in [3.63, 3.8) is 0 Å².